The normalized spacial score (nSPS) is 17.3. The SMILES string of the molecule is CCCOc1nc(N2CCN(Cc3ccccc3)CC2)nc2c1CCC2. The van der Waals surface area contributed by atoms with Crippen molar-refractivity contribution in [2.24, 2.45) is 0 Å². The van der Waals surface area contributed by atoms with Crippen LogP contribution in [0, 0.1) is 0 Å². The third-order valence-electron chi connectivity index (χ3n) is 5.23. The zero-order valence-electron chi connectivity index (χ0n) is 15.7. The zero-order valence-corrected chi connectivity index (χ0v) is 15.7. The largest absolute Gasteiger partial charge is 0.477 e. The molecule has 0 unspecified atom stereocenters. The number of nitrogens with zero attached hydrogens (tertiary/aromatic N) is 4. The molecule has 1 aromatic carbocycles. The lowest BCUT2D eigenvalue weighted by atomic mass is 10.2. The van der Waals surface area contributed by atoms with E-state index in [4.69, 9.17) is 14.7 Å². The summed E-state index contributed by atoms with van der Waals surface area (Å²) < 4.78 is 5.94. The van der Waals surface area contributed by atoms with Crippen LogP contribution in [0.5, 0.6) is 5.88 Å². The first-order valence-electron chi connectivity index (χ1n) is 9.87. The Morgan fingerprint density at radius 3 is 2.58 bits per heavy atom. The number of aryl methyl sites for hydroxylation is 1. The Balaban J connectivity index is 1.42. The van der Waals surface area contributed by atoms with Gasteiger partial charge in [-0.3, -0.25) is 4.90 Å². The summed E-state index contributed by atoms with van der Waals surface area (Å²) in [5, 5.41) is 0. The number of fused-ring (bicyclic) bond motifs is 1. The summed E-state index contributed by atoms with van der Waals surface area (Å²) in [5.74, 6) is 1.69. The van der Waals surface area contributed by atoms with Gasteiger partial charge in [0.2, 0.25) is 11.8 Å². The standard InChI is InChI=1S/C21H28N4O/c1-2-15-26-20-18-9-6-10-19(18)22-21(23-20)25-13-11-24(12-14-25)16-17-7-4-3-5-8-17/h3-5,7-8H,2,6,9-16H2,1H3. The molecule has 0 spiro atoms. The number of hydrogen-bond acceptors (Lipinski definition) is 5. The molecule has 0 N–H and O–H groups in total. The molecule has 0 saturated carbocycles. The van der Waals surface area contributed by atoms with Crippen molar-refractivity contribution in [1.82, 2.24) is 14.9 Å². The third-order valence-corrected chi connectivity index (χ3v) is 5.23. The van der Waals surface area contributed by atoms with E-state index < -0.39 is 0 Å². The molecule has 0 atom stereocenters. The van der Waals surface area contributed by atoms with Crippen LogP contribution in [0.4, 0.5) is 5.95 Å². The lowest BCUT2D eigenvalue weighted by Gasteiger charge is -2.35. The first-order chi connectivity index (χ1) is 12.8. The van der Waals surface area contributed by atoms with Gasteiger partial charge in [-0.25, -0.2) is 4.98 Å². The minimum Gasteiger partial charge on any atom is -0.477 e. The molecule has 0 bridgehead atoms. The molecule has 1 aromatic heterocycles. The van der Waals surface area contributed by atoms with Crippen LogP contribution in [-0.4, -0.2) is 47.7 Å². The van der Waals surface area contributed by atoms with Crippen LogP contribution in [0.2, 0.25) is 0 Å². The number of anilines is 1. The van der Waals surface area contributed by atoms with Gasteiger partial charge in [0.1, 0.15) is 0 Å². The topological polar surface area (TPSA) is 41.5 Å². The van der Waals surface area contributed by atoms with Gasteiger partial charge < -0.3 is 9.64 Å². The molecule has 2 heterocycles. The average Bonchev–Trinajstić information content (AvgIpc) is 3.16. The molecule has 2 aromatic rings. The fourth-order valence-corrected chi connectivity index (χ4v) is 3.79. The maximum Gasteiger partial charge on any atom is 0.228 e. The Labute approximate surface area is 156 Å². The number of rotatable bonds is 6. The lowest BCUT2D eigenvalue weighted by Crippen LogP contribution is -2.46. The molecule has 5 nitrogen and oxygen atoms in total. The second kappa shape index (κ2) is 8.04. The maximum absolute atomic E-state index is 5.94. The van der Waals surface area contributed by atoms with E-state index in [0.29, 0.717) is 0 Å². The predicted molar refractivity (Wildman–Crippen MR) is 104 cm³/mol. The molecule has 0 radical (unpaired) electrons. The summed E-state index contributed by atoms with van der Waals surface area (Å²) in [7, 11) is 0. The Hall–Kier alpha value is -2.14. The van der Waals surface area contributed by atoms with Gasteiger partial charge in [-0.2, -0.15) is 4.98 Å². The van der Waals surface area contributed by atoms with Crippen LogP contribution >= 0.6 is 0 Å². The van der Waals surface area contributed by atoms with E-state index in [9.17, 15) is 0 Å². The van der Waals surface area contributed by atoms with Crippen molar-refractivity contribution >= 4 is 5.95 Å². The van der Waals surface area contributed by atoms with E-state index in [0.717, 1.165) is 70.4 Å². The number of benzene rings is 1. The molecule has 1 aliphatic heterocycles. The van der Waals surface area contributed by atoms with Crippen LogP contribution in [0.15, 0.2) is 30.3 Å². The fraction of sp³-hybridized carbons (Fsp3) is 0.524. The van der Waals surface area contributed by atoms with Crippen LogP contribution in [-0.2, 0) is 19.4 Å². The quantitative estimate of drug-likeness (QED) is 0.799. The first kappa shape index (κ1) is 17.3. The van der Waals surface area contributed by atoms with Crippen LogP contribution in [0.3, 0.4) is 0 Å². The Morgan fingerprint density at radius 1 is 1.00 bits per heavy atom. The van der Waals surface area contributed by atoms with E-state index in [2.05, 4.69) is 47.1 Å². The highest BCUT2D eigenvalue weighted by Gasteiger charge is 2.24. The summed E-state index contributed by atoms with van der Waals surface area (Å²) in [4.78, 5) is 14.5. The minimum atomic E-state index is 0.730. The van der Waals surface area contributed by atoms with Crippen molar-refractivity contribution in [3.8, 4) is 5.88 Å². The molecule has 26 heavy (non-hydrogen) atoms. The highest BCUT2D eigenvalue weighted by atomic mass is 16.5. The smallest absolute Gasteiger partial charge is 0.228 e. The average molecular weight is 352 g/mol. The molecular weight excluding hydrogens is 324 g/mol. The van der Waals surface area contributed by atoms with Crippen LogP contribution in [0.25, 0.3) is 0 Å². The van der Waals surface area contributed by atoms with Gasteiger partial charge in [0, 0.05) is 38.3 Å². The monoisotopic (exact) mass is 352 g/mol. The van der Waals surface area contributed by atoms with E-state index in [1.165, 1.54) is 23.2 Å². The van der Waals surface area contributed by atoms with Crippen molar-refractivity contribution in [3.05, 3.63) is 47.2 Å². The first-order valence-corrected chi connectivity index (χ1v) is 9.87. The minimum absolute atomic E-state index is 0.730. The van der Waals surface area contributed by atoms with Crippen molar-refractivity contribution in [1.29, 1.82) is 0 Å². The van der Waals surface area contributed by atoms with Gasteiger partial charge in [0.25, 0.3) is 0 Å². The summed E-state index contributed by atoms with van der Waals surface area (Å²) in [6, 6.07) is 10.7. The Kier molecular flexibility index (Phi) is 5.34. The summed E-state index contributed by atoms with van der Waals surface area (Å²) >= 11 is 0. The van der Waals surface area contributed by atoms with E-state index in [-0.39, 0.29) is 0 Å². The highest BCUT2D eigenvalue weighted by molar-refractivity contribution is 5.43. The molecule has 138 valence electrons. The number of piperazine rings is 1. The number of aromatic nitrogens is 2. The van der Waals surface area contributed by atoms with Gasteiger partial charge >= 0.3 is 0 Å². The van der Waals surface area contributed by atoms with Crippen molar-refractivity contribution in [2.45, 2.75) is 39.2 Å². The van der Waals surface area contributed by atoms with Gasteiger partial charge in [0.15, 0.2) is 0 Å². The molecule has 0 amide bonds. The van der Waals surface area contributed by atoms with E-state index >= 15 is 0 Å². The lowest BCUT2D eigenvalue weighted by molar-refractivity contribution is 0.248. The van der Waals surface area contributed by atoms with Gasteiger partial charge in [-0.1, -0.05) is 37.3 Å². The van der Waals surface area contributed by atoms with Crippen molar-refractivity contribution in [2.75, 3.05) is 37.7 Å². The van der Waals surface area contributed by atoms with Gasteiger partial charge in [-0.05, 0) is 31.2 Å². The molecule has 1 fully saturated rings. The second-order valence-corrected chi connectivity index (χ2v) is 7.20. The molecule has 4 rings (SSSR count). The third kappa shape index (κ3) is 3.83. The van der Waals surface area contributed by atoms with Crippen molar-refractivity contribution < 1.29 is 4.74 Å². The number of hydrogen-bond donors (Lipinski definition) is 0. The van der Waals surface area contributed by atoms with E-state index in [1.54, 1.807) is 0 Å². The van der Waals surface area contributed by atoms with Gasteiger partial charge in [0.05, 0.1) is 12.3 Å². The predicted octanol–water partition coefficient (Wildman–Crippen LogP) is 3.08. The molecular formula is C21H28N4O. The van der Waals surface area contributed by atoms with Crippen molar-refractivity contribution in [3.63, 3.8) is 0 Å². The summed E-state index contributed by atoms with van der Waals surface area (Å²) in [6.07, 6.45) is 4.29. The molecule has 1 aliphatic carbocycles. The number of ether oxygens (including phenoxy) is 1. The molecule has 2 aliphatic rings. The molecule has 1 saturated heterocycles. The van der Waals surface area contributed by atoms with E-state index in [1.807, 2.05) is 0 Å². The summed E-state index contributed by atoms with van der Waals surface area (Å²) in [6.45, 7) is 7.91. The fourth-order valence-electron chi connectivity index (χ4n) is 3.79. The summed E-state index contributed by atoms with van der Waals surface area (Å²) in [5.41, 5.74) is 3.82. The second-order valence-electron chi connectivity index (χ2n) is 7.20. The highest BCUT2D eigenvalue weighted by Crippen LogP contribution is 2.30. The Bertz CT molecular complexity index is 726. The molecule has 5 heteroatoms. The van der Waals surface area contributed by atoms with Crippen LogP contribution in [0.1, 0.15) is 36.6 Å². The van der Waals surface area contributed by atoms with Gasteiger partial charge in [-0.15, -0.1) is 0 Å². The van der Waals surface area contributed by atoms with Crippen LogP contribution < -0.4 is 9.64 Å². The Morgan fingerprint density at radius 2 is 1.81 bits per heavy atom. The maximum atomic E-state index is 5.94. The zero-order chi connectivity index (χ0) is 17.8.